The van der Waals surface area contributed by atoms with Crippen LogP contribution in [0.25, 0.3) is 0 Å². The number of carboxylic acid groups (broad SMARTS) is 1. The Bertz CT molecular complexity index is 301. The van der Waals surface area contributed by atoms with Crippen molar-refractivity contribution in [2.24, 2.45) is 5.92 Å². The molecule has 1 heterocycles. The van der Waals surface area contributed by atoms with Crippen molar-refractivity contribution in [1.82, 2.24) is 10.2 Å². The Morgan fingerprint density at radius 1 is 1.60 bits per heavy atom. The number of rotatable bonds is 3. The van der Waals surface area contributed by atoms with Crippen molar-refractivity contribution in [2.75, 3.05) is 13.1 Å². The molecule has 0 bridgehead atoms. The molecule has 15 heavy (non-hydrogen) atoms. The minimum atomic E-state index is -1.01. The highest BCUT2D eigenvalue weighted by Gasteiger charge is 2.53. The fraction of sp³-hybridized carbons (Fsp3) is 0.800. The molecular weight excluding hydrogens is 196 g/mol. The van der Waals surface area contributed by atoms with Crippen LogP contribution in [0.15, 0.2) is 0 Å². The molecule has 1 atom stereocenters. The highest BCUT2D eigenvalue weighted by molar-refractivity contribution is 5.87. The number of carbonyl (C=O) groups is 2. The summed E-state index contributed by atoms with van der Waals surface area (Å²) in [4.78, 5) is 24.4. The molecule has 1 aliphatic carbocycles. The standard InChI is InChI=1S/C10H16N2O3/c1-10(8(13)14,7-3-4-7)12-6-2-5-11-9(12)15/h7H,2-6H2,1H3,(H,11,15)(H,13,14). The molecule has 2 aliphatic rings. The Balaban J connectivity index is 2.23. The molecule has 0 aromatic heterocycles. The maximum Gasteiger partial charge on any atom is 0.329 e. The van der Waals surface area contributed by atoms with Crippen LogP contribution in [0.1, 0.15) is 26.2 Å². The lowest BCUT2D eigenvalue weighted by Crippen LogP contribution is -2.62. The second-order valence-electron chi connectivity index (χ2n) is 4.46. The second kappa shape index (κ2) is 3.40. The van der Waals surface area contributed by atoms with Crippen LogP contribution in [-0.2, 0) is 4.79 Å². The summed E-state index contributed by atoms with van der Waals surface area (Å²) < 4.78 is 0. The molecule has 5 heteroatoms. The van der Waals surface area contributed by atoms with Crippen molar-refractivity contribution in [3.63, 3.8) is 0 Å². The predicted octanol–water partition coefficient (Wildman–Crippen LogP) is 0.655. The van der Waals surface area contributed by atoms with E-state index in [1.807, 2.05) is 0 Å². The lowest BCUT2D eigenvalue weighted by atomic mass is 9.93. The smallest absolute Gasteiger partial charge is 0.329 e. The van der Waals surface area contributed by atoms with E-state index in [0.717, 1.165) is 19.3 Å². The summed E-state index contributed by atoms with van der Waals surface area (Å²) in [5, 5.41) is 12.0. The van der Waals surface area contributed by atoms with Gasteiger partial charge in [0.25, 0.3) is 0 Å². The number of hydrogen-bond donors (Lipinski definition) is 2. The molecule has 2 amide bonds. The summed E-state index contributed by atoms with van der Waals surface area (Å²) in [6.45, 7) is 2.86. The van der Waals surface area contributed by atoms with Gasteiger partial charge in [-0.25, -0.2) is 9.59 Å². The van der Waals surface area contributed by atoms with Crippen LogP contribution >= 0.6 is 0 Å². The normalized spacial score (nSPS) is 25.7. The molecule has 84 valence electrons. The molecule has 2 rings (SSSR count). The predicted molar refractivity (Wildman–Crippen MR) is 53.5 cm³/mol. The quantitative estimate of drug-likeness (QED) is 0.721. The van der Waals surface area contributed by atoms with E-state index in [1.54, 1.807) is 6.92 Å². The van der Waals surface area contributed by atoms with Gasteiger partial charge in [-0.05, 0) is 32.1 Å². The van der Waals surface area contributed by atoms with Crippen LogP contribution in [0.4, 0.5) is 4.79 Å². The third-order valence-electron chi connectivity index (χ3n) is 3.45. The summed E-state index contributed by atoms with van der Waals surface area (Å²) in [7, 11) is 0. The van der Waals surface area contributed by atoms with Gasteiger partial charge in [-0.3, -0.25) is 0 Å². The zero-order valence-corrected chi connectivity index (χ0v) is 8.82. The van der Waals surface area contributed by atoms with E-state index >= 15 is 0 Å². The van der Waals surface area contributed by atoms with Crippen molar-refractivity contribution in [3.05, 3.63) is 0 Å². The van der Waals surface area contributed by atoms with E-state index in [-0.39, 0.29) is 11.9 Å². The number of carbonyl (C=O) groups excluding carboxylic acids is 1. The van der Waals surface area contributed by atoms with Gasteiger partial charge >= 0.3 is 12.0 Å². The first kappa shape index (κ1) is 10.3. The fourth-order valence-corrected chi connectivity index (χ4v) is 2.23. The van der Waals surface area contributed by atoms with Crippen LogP contribution in [-0.4, -0.2) is 40.6 Å². The third-order valence-corrected chi connectivity index (χ3v) is 3.45. The van der Waals surface area contributed by atoms with E-state index in [4.69, 9.17) is 0 Å². The van der Waals surface area contributed by atoms with E-state index in [1.165, 1.54) is 4.90 Å². The average molecular weight is 212 g/mol. The minimum Gasteiger partial charge on any atom is -0.479 e. The van der Waals surface area contributed by atoms with Crippen molar-refractivity contribution >= 4 is 12.0 Å². The molecule has 0 aromatic rings. The van der Waals surface area contributed by atoms with E-state index in [9.17, 15) is 14.7 Å². The summed E-state index contributed by atoms with van der Waals surface area (Å²) in [5.74, 6) is -0.763. The Morgan fingerprint density at radius 3 is 2.73 bits per heavy atom. The van der Waals surface area contributed by atoms with Gasteiger partial charge in [0.15, 0.2) is 0 Å². The van der Waals surface area contributed by atoms with E-state index in [0.29, 0.717) is 13.1 Å². The molecule has 2 fully saturated rings. The maximum atomic E-state index is 11.6. The van der Waals surface area contributed by atoms with Gasteiger partial charge in [0.1, 0.15) is 5.54 Å². The fourth-order valence-electron chi connectivity index (χ4n) is 2.23. The third kappa shape index (κ3) is 1.56. The minimum absolute atomic E-state index is 0.124. The van der Waals surface area contributed by atoms with Gasteiger partial charge in [-0.15, -0.1) is 0 Å². The lowest BCUT2D eigenvalue weighted by molar-refractivity contribution is -0.150. The monoisotopic (exact) mass is 212 g/mol. The van der Waals surface area contributed by atoms with Crippen LogP contribution in [0.5, 0.6) is 0 Å². The molecule has 0 radical (unpaired) electrons. The molecule has 1 aliphatic heterocycles. The Hall–Kier alpha value is -1.26. The average Bonchev–Trinajstić information content (AvgIpc) is 3.00. The van der Waals surface area contributed by atoms with Crippen molar-refractivity contribution < 1.29 is 14.7 Å². The van der Waals surface area contributed by atoms with Crippen molar-refractivity contribution in [2.45, 2.75) is 31.7 Å². The van der Waals surface area contributed by atoms with Gasteiger partial charge in [0.2, 0.25) is 0 Å². The number of aliphatic carboxylic acids is 1. The first-order chi connectivity index (χ1) is 7.06. The van der Waals surface area contributed by atoms with Crippen molar-refractivity contribution in [3.8, 4) is 0 Å². The van der Waals surface area contributed by atoms with Crippen molar-refractivity contribution in [1.29, 1.82) is 0 Å². The molecule has 5 nitrogen and oxygen atoms in total. The molecule has 0 aromatic carbocycles. The Kier molecular flexibility index (Phi) is 2.32. The highest BCUT2D eigenvalue weighted by Crippen LogP contribution is 2.43. The SMILES string of the molecule is CC(C(=O)O)(C1CC1)N1CCCNC1=O. The van der Waals surface area contributed by atoms with Crippen LogP contribution in [0.3, 0.4) is 0 Å². The molecule has 1 unspecified atom stereocenters. The first-order valence-electron chi connectivity index (χ1n) is 5.35. The topological polar surface area (TPSA) is 69.6 Å². The number of amides is 2. The van der Waals surface area contributed by atoms with Gasteiger partial charge in [-0.1, -0.05) is 0 Å². The zero-order valence-electron chi connectivity index (χ0n) is 8.82. The molecule has 1 saturated carbocycles. The largest absolute Gasteiger partial charge is 0.479 e. The zero-order chi connectivity index (χ0) is 11.1. The number of nitrogens with zero attached hydrogens (tertiary/aromatic N) is 1. The number of nitrogens with one attached hydrogen (secondary N) is 1. The van der Waals surface area contributed by atoms with Crippen LogP contribution in [0, 0.1) is 5.92 Å². The number of carboxylic acids is 1. The maximum absolute atomic E-state index is 11.6. The Morgan fingerprint density at radius 2 is 2.27 bits per heavy atom. The summed E-state index contributed by atoms with van der Waals surface area (Å²) in [6, 6.07) is -0.238. The summed E-state index contributed by atoms with van der Waals surface area (Å²) >= 11 is 0. The van der Waals surface area contributed by atoms with E-state index in [2.05, 4.69) is 5.32 Å². The summed E-state index contributed by atoms with van der Waals surface area (Å²) in [5.41, 5.74) is -1.01. The molecular formula is C10H16N2O3. The second-order valence-corrected chi connectivity index (χ2v) is 4.46. The Labute approximate surface area is 88.4 Å². The van der Waals surface area contributed by atoms with Crippen LogP contribution < -0.4 is 5.32 Å². The molecule has 0 spiro atoms. The number of hydrogen-bond acceptors (Lipinski definition) is 2. The van der Waals surface area contributed by atoms with Gasteiger partial charge < -0.3 is 15.3 Å². The highest BCUT2D eigenvalue weighted by atomic mass is 16.4. The van der Waals surface area contributed by atoms with Gasteiger partial charge in [-0.2, -0.15) is 0 Å². The van der Waals surface area contributed by atoms with Crippen LogP contribution in [0.2, 0.25) is 0 Å². The molecule has 1 saturated heterocycles. The lowest BCUT2D eigenvalue weighted by Gasteiger charge is -2.40. The first-order valence-corrected chi connectivity index (χ1v) is 5.35. The summed E-state index contributed by atoms with van der Waals surface area (Å²) in [6.07, 6.45) is 2.64. The molecule has 2 N–H and O–H groups in total. The van der Waals surface area contributed by atoms with Gasteiger partial charge in [0.05, 0.1) is 0 Å². The van der Waals surface area contributed by atoms with Gasteiger partial charge in [0, 0.05) is 13.1 Å². The van der Waals surface area contributed by atoms with E-state index < -0.39 is 11.5 Å². The number of urea groups is 1.